The van der Waals surface area contributed by atoms with Crippen molar-refractivity contribution in [3.63, 3.8) is 0 Å². The summed E-state index contributed by atoms with van der Waals surface area (Å²) >= 11 is 1.36. The van der Waals surface area contributed by atoms with Gasteiger partial charge in [-0.05, 0) is 29.8 Å². The van der Waals surface area contributed by atoms with Crippen LogP contribution in [0.5, 0.6) is 0 Å². The molecule has 1 fully saturated rings. The molecule has 1 N–H and O–H groups in total. The fraction of sp³-hybridized carbons (Fsp3) is 0.818. The molecule has 1 aromatic rings. The molecule has 0 spiro atoms. The highest BCUT2D eigenvalue weighted by Gasteiger charge is 2.19. The summed E-state index contributed by atoms with van der Waals surface area (Å²) in [6, 6.07) is 0.313. The van der Waals surface area contributed by atoms with Crippen molar-refractivity contribution in [3.05, 3.63) is 0 Å². The first-order valence-electron chi connectivity index (χ1n) is 6.56. The lowest BCUT2D eigenvalue weighted by atomic mass is 10.1. The van der Waals surface area contributed by atoms with Crippen LogP contribution in [0.15, 0.2) is 5.16 Å². The SMILES string of the molecule is CCN1CCC(NC(=O)CSc2nnnn2C)CC1. The van der Waals surface area contributed by atoms with Gasteiger partial charge in [-0.15, -0.1) is 5.10 Å². The Morgan fingerprint density at radius 1 is 1.47 bits per heavy atom. The predicted octanol–water partition coefficient (Wildman–Crippen LogP) is -0.0973. The minimum atomic E-state index is 0.0583. The highest BCUT2D eigenvalue weighted by Crippen LogP contribution is 2.13. The zero-order valence-electron chi connectivity index (χ0n) is 11.4. The van der Waals surface area contributed by atoms with Crippen molar-refractivity contribution in [2.45, 2.75) is 31.0 Å². The van der Waals surface area contributed by atoms with E-state index in [1.165, 1.54) is 11.8 Å². The van der Waals surface area contributed by atoms with Crippen molar-refractivity contribution < 1.29 is 4.79 Å². The highest BCUT2D eigenvalue weighted by molar-refractivity contribution is 7.99. The Labute approximate surface area is 117 Å². The molecule has 2 heterocycles. The molecule has 1 aliphatic rings. The first kappa shape index (κ1) is 14.3. The van der Waals surface area contributed by atoms with E-state index in [1.54, 1.807) is 11.7 Å². The third-order valence-electron chi connectivity index (χ3n) is 3.31. The second-order valence-corrected chi connectivity index (χ2v) is 5.59. The van der Waals surface area contributed by atoms with E-state index in [9.17, 15) is 4.79 Å². The van der Waals surface area contributed by atoms with E-state index in [1.807, 2.05) is 0 Å². The molecule has 7 nitrogen and oxygen atoms in total. The number of nitrogens with zero attached hydrogens (tertiary/aromatic N) is 5. The minimum absolute atomic E-state index is 0.0583. The van der Waals surface area contributed by atoms with Crippen LogP contribution < -0.4 is 5.32 Å². The molecular weight excluding hydrogens is 264 g/mol. The quantitative estimate of drug-likeness (QED) is 0.761. The topological polar surface area (TPSA) is 75.9 Å². The van der Waals surface area contributed by atoms with Crippen molar-refractivity contribution >= 4 is 17.7 Å². The van der Waals surface area contributed by atoms with Gasteiger partial charge in [-0.1, -0.05) is 18.7 Å². The lowest BCUT2D eigenvalue weighted by Gasteiger charge is -2.31. The van der Waals surface area contributed by atoms with Gasteiger partial charge in [-0.25, -0.2) is 4.68 Å². The van der Waals surface area contributed by atoms with Crippen molar-refractivity contribution in [1.82, 2.24) is 30.4 Å². The van der Waals surface area contributed by atoms with E-state index in [4.69, 9.17) is 0 Å². The molecule has 0 unspecified atom stereocenters. The van der Waals surface area contributed by atoms with E-state index in [0.717, 1.165) is 32.5 Å². The number of aryl methyl sites for hydroxylation is 1. The van der Waals surface area contributed by atoms with Gasteiger partial charge < -0.3 is 10.2 Å². The van der Waals surface area contributed by atoms with E-state index in [-0.39, 0.29) is 5.91 Å². The van der Waals surface area contributed by atoms with Crippen LogP contribution in [0.2, 0.25) is 0 Å². The summed E-state index contributed by atoms with van der Waals surface area (Å²) < 4.78 is 1.57. The Bertz CT molecular complexity index is 415. The van der Waals surface area contributed by atoms with E-state index < -0.39 is 0 Å². The molecule has 1 aliphatic heterocycles. The first-order valence-corrected chi connectivity index (χ1v) is 7.54. The van der Waals surface area contributed by atoms with Crippen LogP contribution in [0.1, 0.15) is 19.8 Å². The monoisotopic (exact) mass is 284 g/mol. The molecular formula is C11H20N6OS. The number of thioether (sulfide) groups is 1. The van der Waals surface area contributed by atoms with Gasteiger partial charge in [0.1, 0.15) is 0 Å². The molecule has 2 rings (SSSR count). The number of hydrogen-bond acceptors (Lipinski definition) is 6. The van der Waals surface area contributed by atoms with E-state index in [0.29, 0.717) is 17.0 Å². The lowest BCUT2D eigenvalue weighted by Crippen LogP contribution is -2.45. The van der Waals surface area contributed by atoms with Gasteiger partial charge in [0, 0.05) is 26.2 Å². The van der Waals surface area contributed by atoms with Crippen LogP contribution in [0, 0.1) is 0 Å². The number of piperidine rings is 1. The van der Waals surface area contributed by atoms with Crippen LogP contribution in [-0.2, 0) is 11.8 Å². The van der Waals surface area contributed by atoms with Crippen LogP contribution >= 0.6 is 11.8 Å². The fourth-order valence-corrected chi connectivity index (χ4v) is 2.80. The summed E-state index contributed by atoms with van der Waals surface area (Å²) in [7, 11) is 1.76. The number of amides is 1. The van der Waals surface area contributed by atoms with E-state index >= 15 is 0 Å². The lowest BCUT2D eigenvalue weighted by molar-refractivity contribution is -0.119. The number of rotatable bonds is 5. The first-order chi connectivity index (χ1) is 9.19. The molecule has 1 aromatic heterocycles. The molecule has 0 aliphatic carbocycles. The molecule has 0 radical (unpaired) electrons. The number of hydrogen-bond donors (Lipinski definition) is 1. The van der Waals surface area contributed by atoms with Gasteiger partial charge in [0.05, 0.1) is 5.75 Å². The van der Waals surface area contributed by atoms with Crippen LogP contribution in [0.25, 0.3) is 0 Å². The molecule has 1 saturated heterocycles. The molecule has 0 saturated carbocycles. The average Bonchev–Trinajstić information content (AvgIpc) is 2.83. The average molecular weight is 284 g/mol. The third-order valence-corrected chi connectivity index (χ3v) is 4.32. The summed E-state index contributed by atoms with van der Waals surface area (Å²) in [5.74, 6) is 0.422. The zero-order valence-corrected chi connectivity index (χ0v) is 12.2. The third kappa shape index (κ3) is 4.17. The summed E-state index contributed by atoms with van der Waals surface area (Å²) in [5.41, 5.74) is 0. The van der Waals surface area contributed by atoms with Gasteiger partial charge in [-0.2, -0.15) is 0 Å². The largest absolute Gasteiger partial charge is 0.353 e. The van der Waals surface area contributed by atoms with Crippen molar-refractivity contribution in [2.75, 3.05) is 25.4 Å². The zero-order chi connectivity index (χ0) is 13.7. The molecule has 0 aromatic carbocycles. The van der Waals surface area contributed by atoms with Crippen molar-refractivity contribution in [2.24, 2.45) is 7.05 Å². The maximum Gasteiger partial charge on any atom is 0.230 e. The maximum atomic E-state index is 11.8. The molecule has 106 valence electrons. The Morgan fingerprint density at radius 2 is 2.21 bits per heavy atom. The Balaban J connectivity index is 1.69. The van der Waals surface area contributed by atoms with Gasteiger partial charge >= 0.3 is 0 Å². The molecule has 0 bridgehead atoms. The molecule has 19 heavy (non-hydrogen) atoms. The standard InChI is InChI=1S/C11H20N6OS/c1-3-17-6-4-9(5-7-17)12-10(18)8-19-11-13-14-15-16(11)2/h9H,3-8H2,1-2H3,(H,12,18). The Kier molecular flexibility index (Phi) is 5.15. The number of aromatic nitrogens is 4. The number of nitrogens with one attached hydrogen (secondary N) is 1. The maximum absolute atomic E-state index is 11.8. The van der Waals surface area contributed by atoms with Crippen LogP contribution in [-0.4, -0.2) is 62.4 Å². The predicted molar refractivity (Wildman–Crippen MR) is 72.8 cm³/mol. The molecule has 0 atom stereocenters. The summed E-state index contributed by atoms with van der Waals surface area (Å²) in [6.07, 6.45) is 2.07. The van der Waals surface area contributed by atoms with Gasteiger partial charge in [-0.3, -0.25) is 4.79 Å². The number of tetrazole rings is 1. The summed E-state index contributed by atoms with van der Waals surface area (Å²) in [5, 5.41) is 14.8. The molecule has 1 amide bonds. The molecule has 8 heteroatoms. The summed E-state index contributed by atoms with van der Waals surface area (Å²) in [6.45, 7) is 5.41. The second kappa shape index (κ2) is 6.85. The van der Waals surface area contributed by atoms with Crippen molar-refractivity contribution in [1.29, 1.82) is 0 Å². The number of carbonyl (C=O) groups excluding carboxylic acids is 1. The second-order valence-electron chi connectivity index (χ2n) is 4.65. The van der Waals surface area contributed by atoms with Crippen molar-refractivity contribution in [3.8, 4) is 0 Å². The number of carbonyl (C=O) groups is 1. The van der Waals surface area contributed by atoms with Gasteiger partial charge in [0.2, 0.25) is 11.1 Å². The highest BCUT2D eigenvalue weighted by atomic mass is 32.2. The van der Waals surface area contributed by atoms with Gasteiger partial charge in [0.15, 0.2) is 0 Å². The summed E-state index contributed by atoms with van der Waals surface area (Å²) in [4.78, 5) is 14.3. The van der Waals surface area contributed by atoms with Gasteiger partial charge in [0.25, 0.3) is 0 Å². The van der Waals surface area contributed by atoms with Crippen LogP contribution in [0.4, 0.5) is 0 Å². The fourth-order valence-electron chi connectivity index (χ4n) is 2.14. The Hall–Kier alpha value is -1.15. The smallest absolute Gasteiger partial charge is 0.230 e. The minimum Gasteiger partial charge on any atom is -0.353 e. The number of likely N-dealkylation sites (tertiary alicyclic amines) is 1. The normalized spacial score (nSPS) is 17.6. The van der Waals surface area contributed by atoms with Crippen LogP contribution in [0.3, 0.4) is 0 Å². The Morgan fingerprint density at radius 3 is 2.79 bits per heavy atom. The van der Waals surface area contributed by atoms with E-state index in [2.05, 4.69) is 32.7 Å².